The van der Waals surface area contributed by atoms with Crippen LogP contribution in [0.4, 0.5) is 0 Å². The highest BCUT2D eigenvalue weighted by Crippen LogP contribution is 2.36. The number of carbonyl (C=O) groups is 1. The van der Waals surface area contributed by atoms with Crippen molar-refractivity contribution in [3.8, 4) is 0 Å². The quantitative estimate of drug-likeness (QED) is 0.946. The number of aromatic nitrogens is 1. The summed E-state index contributed by atoms with van der Waals surface area (Å²) >= 11 is 1.60. The zero-order chi connectivity index (χ0) is 15.1. The van der Waals surface area contributed by atoms with E-state index in [1.165, 1.54) is 15.0 Å². The van der Waals surface area contributed by atoms with E-state index in [0.29, 0.717) is 12.5 Å². The second kappa shape index (κ2) is 5.30. The van der Waals surface area contributed by atoms with Gasteiger partial charge < -0.3 is 9.67 Å². The van der Waals surface area contributed by atoms with Crippen LogP contribution in [0.5, 0.6) is 0 Å². The number of carboxylic acid groups (broad SMARTS) is 1. The molecule has 0 aromatic carbocycles. The van der Waals surface area contributed by atoms with Crippen LogP contribution in [0.1, 0.15) is 47.6 Å². The van der Waals surface area contributed by atoms with Crippen molar-refractivity contribution in [1.29, 1.82) is 0 Å². The fourth-order valence-electron chi connectivity index (χ4n) is 3.18. The van der Waals surface area contributed by atoms with E-state index in [1.807, 2.05) is 6.92 Å². The maximum Gasteiger partial charge on any atom is 0.352 e. The molecule has 3 rings (SSSR count). The van der Waals surface area contributed by atoms with Crippen molar-refractivity contribution in [2.75, 3.05) is 0 Å². The number of aromatic carboxylic acids is 1. The number of nitrogens with zero attached hydrogens (tertiary/aromatic N) is 1. The first-order valence-electron chi connectivity index (χ1n) is 7.44. The molecular formula is C16H19NO3S. The van der Waals surface area contributed by atoms with E-state index >= 15 is 0 Å². The van der Waals surface area contributed by atoms with Gasteiger partial charge in [-0.2, -0.15) is 0 Å². The van der Waals surface area contributed by atoms with Gasteiger partial charge in [0.2, 0.25) is 0 Å². The van der Waals surface area contributed by atoms with Crippen molar-refractivity contribution < 1.29 is 9.90 Å². The summed E-state index contributed by atoms with van der Waals surface area (Å²) in [5.74, 6) is -0.385. The van der Waals surface area contributed by atoms with E-state index in [2.05, 4.69) is 6.92 Å². The maximum atomic E-state index is 12.8. The van der Waals surface area contributed by atoms with Gasteiger partial charge in [0.1, 0.15) is 5.69 Å². The summed E-state index contributed by atoms with van der Waals surface area (Å²) in [4.78, 5) is 25.5. The number of hydrogen-bond donors (Lipinski definition) is 1. The van der Waals surface area contributed by atoms with Gasteiger partial charge in [-0.3, -0.25) is 4.79 Å². The molecule has 0 fully saturated rings. The minimum absolute atomic E-state index is 0.112. The van der Waals surface area contributed by atoms with E-state index < -0.39 is 5.97 Å². The van der Waals surface area contributed by atoms with Crippen LogP contribution in [0.3, 0.4) is 0 Å². The monoisotopic (exact) mass is 305 g/mol. The second-order valence-corrected chi connectivity index (χ2v) is 7.02. The number of rotatable bonds is 3. The molecule has 0 saturated heterocycles. The van der Waals surface area contributed by atoms with Crippen molar-refractivity contribution in [3.63, 3.8) is 0 Å². The lowest BCUT2D eigenvalue weighted by atomic mass is 9.89. The Morgan fingerprint density at radius 1 is 1.52 bits per heavy atom. The molecule has 1 aliphatic rings. The molecule has 0 spiro atoms. The predicted molar refractivity (Wildman–Crippen MR) is 84.5 cm³/mol. The zero-order valence-corrected chi connectivity index (χ0v) is 13.1. The smallest absolute Gasteiger partial charge is 0.352 e. The lowest BCUT2D eigenvalue weighted by Crippen LogP contribution is -2.26. The molecular weight excluding hydrogens is 286 g/mol. The summed E-state index contributed by atoms with van der Waals surface area (Å²) in [7, 11) is 0. The number of hydrogen-bond acceptors (Lipinski definition) is 3. The van der Waals surface area contributed by atoms with E-state index in [-0.39, 0.29) is 11.3 Å². The highest BCUT2D eigenvalue weighted by atomic mass is 32.1. The highest BCUT2D eigenvalue weighted by Gasteiger charge is 2.24. The maximum absolute atomic E-state index is 12.8. The van der Waals surface area contributed by atoms with Crippen LogP contribution in [0.25, 0.3) is 10.1 Å². The Kier molecular flexibility index (Phi) is 3.61. The van der Waals surface area contributed by atoms with Gasteiger partial charge in [0.15, 0.2) is 0 Å². The van der Waals surface area contributed by atoms with Gasteiger partial charge in [0, 0.05) is 16.1 Å². The summed E-state index contributed by atoms with van der Waals surface area (Å²) < 4.78 is 2.26. The van der Waals surface area contributed by atoms with Crippen LogP contribution in [0.15, 0.2) is 10.9 Å². The SMILES string of the molecule is CCCn1c(C(=O)O)cc2sc3c(c2c1=O)CCC(C)C3. The molecule has 0 amide bonds. The molecule has 1 N–H and O–H groups in total. The van der Waals surface area contributed by atoms with Gasteiger partial charge in [0.25, 0.3) is 5.56 Å². The highest BCUT2D eigenvalue weighted by molar-refractivity contribution is 7.19. The topological polar surface area (TPSA) is 59.3 Å². The lowest BCUT2D eigenvalue weighted by molar-refractivity contribution is 0.0683. The fourth-order valence-corrected chi connectivity index (χ4v) is 4.62. The van der Waals surface area contributed by atoms with Crippen molar-refractivity contribution in [1.82, 2.24) is 4.57 Å². The molecule has 5 heteroatoms. The molecule has 0 saturated carbocycles. The van der Waals surface area contributed by atoms with E-state index in [1.54, 1.807) is 17.4 Å². The fraction of sp³-hybridized carbons (Fsp3) is 0.500. The molecule has 1 unspecified atom stereocenters. The third-order valence-corrected chi connectivity index (χ3v) is 5.42. The number of aryl methyl sites for hydroxylation is 1. The van der Waals surface area contributed by atoms with Gasteiger partial charge in [-0.05, 0) is 43.2 Å². The third kappa shape index (κ3) is 2.29. The molecule has 0 bridgehead atoms. The van der Waals surface area contributed by atoms with Crippen molar-refractivity contribution in [3.05, 3.63) is 32.6 Å². The Balaban J connectivity index is 2.31. The van der Waals surface area contributed by atoms with Crippen LogP contribution in [0.2, 0.25) is 0 Å². The molecule has 0 radical (unpaired) electrons. The van der Waals surface area contributed by atoms with Gasteiger partial charge in [-0.15, -0.1) is 11.3 Å². The molecule has 21 heavy (non-hydrogen) atoms. The standard InChI is InChI=1S/C16H19NO3S/c1-3-6-17-11(16(19)20)8-13-14(15(17)18)10-5-4-9(2)7-12(10)21-13/h8-9H,3-7H2,1-2H3,(H,19,20). The average Bonchev–Trinajstić information content (AvgIpc) is 2.79. The average molecular weight is 305 g/mol. The van der Waals surface area contributed by atoms with Crippen LogP contribution in [-0.4, -0.2) is 15.6 Å². The second-order valence-electron chi connectivity index (χ2n) is 5.88. The number of pyridine rings is 1. The summed E-state index contributed by atoms with van der Waals surface area (Å²) in [6.45, 7) is 4.63. The van der Waals surface area contributed by atoms with Crippen molar-refractivity contribution in [2.45, 2.75) is 46.1 Å². The number of fused-ring (bicyclic) bond motifs is 3. The van der Waals surface area contributed by atoms with E-state index in [4.69, 9.17) is 0 Å². The van der Waals surface area contributed by atoms with Gasteiger partial charge in [-0.1, -0.05) is 13.8 Å². The van der Waals surface area contributed by atoms with E-state index in [0.717, 1.165) is 35.8 Å². The first-order chi connectivity index (χ1) is 10.0. The summed E-state index contributed by atoms with van der Waals surface area (Å²) in [6, 6.07) is 1.68. The first-order valence-corrected chi connectivity index (χ1v) is 8.26. The minimum atomic E-state index is -1.03. The Morgan fingerprint density at radius 3 is 2.95 bits per heavy atom. The lowest BCUT2D eigenvalue weighted by Gasteiger charge is -2.17. The van der Waals surface area contributed by atoms with Crippen molar-refractivity contribution >= 4 is 27.4 Å². The summed E-state index contributed by atoms with van der Waals surface area (Å²) in [6.07, 6.45) is 3.79. The Morgan fingerprint density at radius 2 is 2.29 bits per heavy atom. The molecule has 1 aliphatic carbocycles. The number of carboxylic acids is 1. The summed E-state index contributed by atoms with van der Waals surface area (Å²) in [5, 5.41) is 10.1. The molecule has 1 atom stereocenters. The van der Waals surface area contributed by atoms with Gasteiger partial charge in [-0.25, -0.2) is 4.79 Å². The van der Waals surface area contributed by atoms with Gasteiger partial charge >= 0.3 is 5.97 Å². The molecule has 2 aromatic rings. The van der Waals surface area contributed by atoms with Crippen LogP contribution >= 0.6 is 11.3 Å². The molecule has 112 valence electrons. The third-order valence-electron chi connectivity index (χ3n) is 4.22. The van der Waals surface area contributed by atoms with Gasteiger partial charge in [0.05, 0.1) is 5.39 Å². The Hall–Kier alpha value is -1.62. The van der Waals surface area contributed by atoms with Crippen LogP contribution < -0.4 is 5.56 Å². The zero-order valence-electron chi connectivity index (χ0n) is 12.3. The molecule has 0 aliphatic heterocycles. The minimum Gasteiger partial charge on any atom is -0.477 e. The largest absolute Gasteiger partial charge is 0.477 e. The molecule has 2 heterocycles. The molecule has 4 nitrogen and oxygen atoms in total. The van der Waals surface area contributed by atoms with Crippen LogP contribution in [0, 0.1) is 5.92 Å². The predicted octanol–water partition coefficient (Wildman–Crippen LogP) is 3.30. The normalized spacial score (nSPS) is 17.9. The van der Waals surface area contributed by atoms with E-state index in [9.17, 15) is 14.7 Å². The Labute approximate surface area is 127 Å². The number of thiophene rings is 1. The summed E-state index contributed by atoms with van der Waals surface area (Å²) in [5.41, 5.74) is 1.15. The van der Waals surface area contributed by atoms with Crippen molar-refractivity contribution in [2.24, 2.45) is 5.92 Å². The Bertz CT molecular complexity index is 772. The first kappa shape index (κ1) is 14.3. The molecule has 2 aromatic heterocycles. The van der Waals surface area contributed by atoms with Crippen LogP contribution in [-0.2, 0) is 19.4 Å².